The van der Waals surface area contributed by atoms with Crippen molar-refractivity contribution in [2.45, 2.75) is 37.1 Å². The zero-order valence-corrected chi connectivity index (χ0v) is 19.5. The van der Waals surface area contributed by atoms with E-state index in [1.807, 2.05) is 28.1 Å². The third-order valence-electron chi connectivity index (χ3n) is 4.96. The summed E-state index contributed by atoms with van der Waals surface area (Å²) in [6.07, 6.45) is 3.08. The SMILES string of the molecule is O=C(CSc1nncn1CCc1cccs1)N(Cc1cccs1)C1CCS(=O)(=O)C1. The van der Waals surface area contributed by atoms with Crippen LogP contribution in [0.4, 0.5) is 0 Å². The largest absolute Gasteiger partial charge is 0.333 e. The molecule has 0 bridgehead atoms. The minimum Gasteiger partial charge on any atom is -0.333 e. The number of thioether (sulfide) groups is 1. The molecule has 1 amide bonds. The number of hydrogen-bond donors (Lipinski definition) is 0. The molecule has 0 saturated carbocycles. The zero-order valence-electron chi connectivity index (χ0n) is 16.2. The maximum absolute atomic E-state index is 13.1. The molecule has 1 atom stereocenters. The summed E-state index contributed by atoms with van der Waals surface area (Å²) < 4.78 is 25.9. The van der Waals surface area contributed by atoms with E-state index in [0.29, 0.717) is 18.1 Å². The number of carbonyl (C=O) groups is 1. The molecular formula is C19H22N4O3S4. The fourth-order valence-electron chi connectivity index (χ4n) is 3.42. The summed E-state index contributed by atoms with van der Waals surface area (Å²) in [6, 6.07) is 7.79. The molecule has 1 fully saturated rings. The van der Waals surface area contributed by atoms with Gasteiger partial charge in [-0.2, -0.15) is 0 Å². The van der Waals surface area contributed by atoms with Crippen LogP contribution in [0.1, 0.15) is 16.2 Å². The Morgan fingerprint density at radius 1 is 1.23 bits per heavy atom. The number of rotatable bonds is 9. The first-order valence-corrected chi connectivity index (χ1v) is 14.1. The van der Waals surface area contributed by atoms with Crippen molar-refractivity contribution >= 4 is 50.2 Å². The second-order valence-corrected chi connectivity index (χ2v) is 12.3. The van der Waals surface area contributed by atoms with Crippen LogP contribution < -0.4 is 0 Å². The van der Waals surface area contributed by atoms with Crippen LogP contribution in [0.2, 0.25) is 0 Å². The second-order valence-electron chi connectivity index (χ2n) is 7.08. The van der Waals surface area contributed by atoms with Crippen LogP contribution in [-0.2, 0) is 34.1 Å². The number of hydrogen-bond acceptors (Lipinski definition) is 8. The molecule has 0 N–H and O–H groups in total. The van der Waals surface area contributed by atoms with E-state index >= 15 is 0 Å². The fourth-order valence-corrected chi connectivity index (χ4v) is 7.38. The Kier molecular flexibility index (Phi) is 6.91. The second kappa shape index (κ2) is 9.63. The van der Waals surface area contributed by atoms with Crippen LogP contribution >= 0.6 is 34.4 Å². The lowest BCUT2D eigenvalue weighted by Crippen LogP contribution is -2.41. The molecule has 160 valence electrons. The highest BCUT2D eigenvalue weighted by Crippen LogP contribution is 2.24. The molecule has 1 saturated heterocycles. The first kappa shape index (κ1) is 21.5. The Bertz CT molecular complexity index is 1060. The van der Waals surface area contributed by atoms with E-state index in [-0.39, 0.29) is 29.2 Å². The van der Waals surface area contributed by atoms with Gasteiger partial charge in [-0.3, -0.25) is 4.79 Å². The van der Waals surface area contributed by atoms with Gasteiger partial charge in [0.1, 0.15) is 6.33 Å². The maximum atomic E-state index is 13.1. The Labute approximate surface area is 188 Å². The van der Waals surface area contributed by atoms with E-state index in [4.69, 9.17) is 0 Å². The van der Waals surface area contributed by atoms with E-state index in [9.17, 15) is 13.2 Å². The first-order valence-electron chi connectivity index (χ1n) is 9.55. The molecule has 0 spiro atoms. The van der Waals surface area contributed by atoms with E-state index in [2.05, 4.69) is 21.6 Å². The average molecular weight is 483 g/mol. The summed E-state index contributed by atoms with van der Waals surface area (Å²) in [5.74, 6) is 0.338. The maximum Gasteiger partial charge on any atom is 0.233 e. The number of aryl methyl sites for hydroxylation is 2. The highest BCUT2D eigenvalue weighted by Gasteiger charge is 2.34. The Hall–Kier alpha value is -1.69. The van der Waals surface area contributed by atoms with Gasteiger partial charge in [0.2, 0.25) is 5.91 Å². The van der Waals surface area contributed by atoms with Crippen molar-refractivity contribution in [3.8, 4) is 0 Å². The van der Waals surface area contributed by atoms with Crippen molar-refractivity contribution < 1.29 is 13.2 Å². The number of carbonyl (C=O) groups excluding carboxylic acids is 1. The highest BCUT2D eigenvalue weighted by molar-refractivity contribution is 7.99. The monoisotopic (exact) mass is 482 g/mol. The Balaban J connectivity index is 1.40. The average Bonchev–Trinajstić information content (AvgIpc) is 3.50. The van der Waals surface area contributed by atoms with Gasteiger partial charge in [0, 0.05) is 22.3 Å². The summed E-state index contributed by atoms with van der Waals surface area (Å²) in [4.78, 5) is 17.2. The van der Waals surface area contributed by atoms with Gasteiger partial charge < -0.3 is 9.47 Å². The molecule has 1 unspecified atom stereocenters. The van der Waals surface area contributed by atoms with Crippen LogP contribution in [-0.4, -0.2) is 57.3 Å². The zero-order chi connectivity index (χ0) is 21.0. The predicted octanol–water partition coefficient (Wildman–Crippen LogP) is 2.95. The van der Waals surface area contributed by atoms with Gasteiger partial charge in [-0.15, -0.1) is 32.9 Å². The molecule has 3 aromatic rings. The lowest BCUT2D eigenvalue weighted by Gasteiger charge is -2.27. The van der Waals surface area contributed by atoms with Gasteiger partial charge in [-0.25, -0.2) is 8.42 Å². The summed E-state index contributed by atoms with van der Waals surface area (Å²) >= 11 is 4.65. The molecule has 1 aliphatic heterocycles. The normalized spacial score (nSPS) is 17.9. The van der Waals surface area contributed by atoms with Crippen LogP contribution in [0, 0.1) is 0 Å². The van der Waals surface area contributed by atoms with Crippen LogP contribution in [0.25, 0.3) is 0 Å². The van der Waals surface area contributed by atoms with Crippen LogP contribution in [0.5, 0.6) is 0 Å². The van der Waals surface area contributed by atoms with Crippen molar-refractivity contribution in [3.05, 3.63) is 51.1 Å². The smallest absolute Gasteiger partial charge is 0.233 e. The Morgan fingerprint density at radius 2 is 2.00 bits per heavy atom. The molecule has 3 aromatic heterocycles. The standard InChI is InChI=1S/C19H22N4O3S4/c24-18(12-29-19-21-20-14-22(19)7-5-16-3-1-8-27-16)23(11-17-4-2-9-28-17)15-6-10-30(25,26)13-15/h1-4,8-9,14-15H,5-7,10-13H2. The van der Waals surface area contributed by atoms with E-state index in [1.165, 1.54) is 16.6 Å². The molecule has 0 aliphatic carbocycles. The molecule has 0 aromatic carbocycles. The van der Waals surface area contributed by atoms with Crippen LogP contribution in [0.15, 0.2) is 46.5 Å². The van der Waals surface area contributed by atoms with Gasteiger partial charge in [-0.1, -0.05) is 23.9 Å². The fraction of sp³-hybridized carbons (Fsp3) is 0.421. The van der Waals surface area contributed by atoms with Crippen molar-refractivity contribution in [2.75, 3.05) is 17.3 Å². The topological polar surface area (TPSA) is 85.2 Å². The molecule has 0 radical (unpaired) electrons. The van der Waals surface area contributed by atoms with Gasteiger partial charge in [-0.05, 0) is 35.7 Å². The lowest BCUT2D eigenvalue weighted by molar-refractivity contribution is -0.130. The number of sulfone groups is 1. The number of nitrogens with zero attached hydrogens (tertiary/aromatic N) is 4. The van der Waals surface area contributed by atoms with Crippen molar-refractivity contribution in [1.29, 1.82) is 0 Å². The van der Waals surface area contributed by atoms with E-state index < -0.39 is 9.84 Å². The summed E-state index contributed by atoms with van der Waals surface area (Å²) in [7, 11) is -3.07. The quantitative estimate of drug-likeness (QED) is 0.436. The summed E-state index contributed by atoms with van der Waals surface area (Å²) in [5.41, 5.74) is 0. The van der Waals surface area contributed by atoms with Crippen molar-refractivity contribution in [1.82, 2.24) is 19.7 Å². The number of thiophene rings is 2. The summed E-state index contributed by atoms with van der Waals surface area (Å²) in [6.45, 7) is 1.20. The van der Waals surface area contributed by atoms with Crippen molar-refractivity contribution in [3.63, 3.8) is 0 Å². The number of amides is 1. The first-order chi connectivity index (χ1) is 14.5. The molecular weight excluding hydrogens is 461 g/mol. The molecule has 1 aliphatic rings. The van der Waals surface area contributed by atoms with E-state index in [0.717, 1.165) is 17.8 Å². The lowest BCUT2D eigenvalue weighted by atomic mass is 10.2. The summed E-state index contributed by atoms with van der Waals surface area (Å²) in [5, 5.41) is 12.9. The van der Waals surface area contributed by atoms with Crippen LogP contribution in [0.3, 0.4) is 0 Å². The Morgan fingerprint density at radius 3 is 2.67 bits per heavy atom. The van der Waals surface area contributed by atoms with Crippen molar-refractivity contribution in [2.24, 2.45) is 0 Å². The number of aromatic nitrogens is 3. The molecule has 4 heterocycles. The predicted molar refractivity (Wildman–Crippen MR) is 121 cm³/mol. The minimum atomic E-state index is -3.07. The minimum absolute atomic E-state index is 0.0474. The highest BCUT2D eigenvalue weighted by atomic mass is 32.2. The molecule has 7 nitrogen and oxygen atoms in total. The van der Waals surface area contributed by atoms with Gasteiger partial charge >= 0.3 is 0 Å². The molecule has 30 heavy (non-hydrogen) atoms. The molecule has 4 rings (SSSR count). The van der Waals surface area contributed by atoms with E-state index in [1.54, 1.807) is 33.9 Å². The van der Waals surface area contributed by atoms with Gasteiger partial charge in [0.05, 0.1) is 23.8 Å². The third-order valence-corrected chi connectivity index (χ3v) is 9.47. The third kappa shape index (κ3) is 5.51. The van der Waals surface area contributed by atoms with Gasteiger partial charge in [0.25, 0.3) is 0 Å². The van der Waals surface area contributed by atoms with Gasteiger partial charge in [0.15, 0.2) is 15.0 Å². The molecule has 11 heteroatoms.